The van der Waals surface area contributed by atoms with E-state index in [4.69, 9.17) is 4.74 Å². The Morgan fingerprint density at radius 2 is 1.30 bits per heavy atom. The molecule has 3 nitrogen and oxygen atoms in total. The quantitative estimate of drug-likeness (QED) is 0.126. The highest BCUT2D eigenvalue weighted by Gasteiger charge is 2.34. The van der Waals surface area contributed by atoms with Crippen LogP contribution in [0.15, 0.2) is 0 Å². The molecule has 0 saturated carbocycles. The molecule has 0 aromatic carbocycles. The number of esters is 1. The Morgan fingerprint density at radius 3 is 1.78 bits per heavy atom. The summed E-state index contributed by atoms with van der Waals surface area (Å²) in [6, 6.07) is 0. The third-order valence-electron chi connectivity index (χ3n) is 5.55. The average molecular weight is 402 g/mol. The minimum atomic E-state index is -1.51. The van der Waals surface area contributed by atoms with E-state index >= 15 is 0 Å². The van der Waals surface area contributed by atoms with Gasteiger partial charge < -0.3 is 4.74 Å². The molecule has 0 bridgehead atoms. The topological polar surface area (TPSA) is 43.4 Å². The van der Waals surface area contributed by atoms with Crippen molar-refractivity contribution in [1.82, 2.24) is 0 Å². The van der Waals surface area contributed by atoms with Crippen LogP contribution in [0, 0.1) is 5.92 Å². The van der Waals surface area contributed by atoms with Crippen molar-refractivity contribution in [2.75, 3.05) is 13.3 Å². The fourth-order valence-corrected chi connectivity index (χ4v) is 4.39. The molecular formula is C23H46O3P+. The smallest absolute Gasteiger partial charge is 0.358 e. The monoisotopic (exact) mass is 401 g/mol. The highest BCUT2D eigenvalue weighted by atomic mass is 31.1. The van der Waals surface area contributed by atoms with Gasteiger partial charge in [-0.15, -0.1) is 0 Å². The molecule has 0 fully saturated rings. The molecule has 0 aliphatic heterocycles. The van der Waals surface area contributed by atoms with Crippen LogP contribution < -0.4 is 0 Å². The van der Waals surface area contributed by atoms with Crippen molar-refractivity contribution >= 4 is 13.8 Å². The van der Waals surface area contributed by atoms with Crippen LogP contribution in [0.25, 0.3) is 0 Å². The molecular weight excluding hydrogens is 355 g/mol. The molecule has 0 heterocycles. The minimum Gasteiger partial charge on any atom is -0.462 e. The van der Waals surface area contributed by atoms with Gasteiger partial charge in [-0.1, -0.05) is 102 Å². The van der Waals surface area contributed by atoms with Gasteiger partial charge >= 0.3 is 13.8 Å². The lowest BCUT2D eigenvalue weighted by molar-refractivity contribution is -0.144. The third kappa shape index (κ3) is 15.2. The Balaban J connectivity index is 3.92. The number of rotatable bonds is 19. The standard InChI is InChI=1S/C23H46O3P/c1-5-8-10-11-12-13-14-15-16-17-19-22(27(4)25)23(24)26-20-21(7-3)18-9-6-2/h21-22H,5-20H2,1-4H3/q+1. The number of hydrogen-bond donors (Lipinski definition) is 0. The summed E-state index contributed by atoms with van der Waals surface area (Å²) < 4.78 is 17.5. The van der Waals surface area contributed by atoms with Gasteiger partial charge in [-0.2, -0.15) is 0 Å². The minimum absolute atomic E-state index is 0.232. The van der Waals surface area contributed by atoms with E-state index < -0.39 is 13.5 Å². The van der Waals surface area contributed by atoms with Crippen molar-refractivity contribution < 1.29 is 14.1 Å². The summed E-state index contributed by atoms with van der Waals surface area (Å²) in [5.41, 5.74) is -0.405. The van der Waals surface area contributed by atoms with Crippen molar-refractivity contribution in [1.29, 1.82) is 0 Å². The van der Waals surface area contributed by atoms with Crippen LogP contribution in [0.4, 0.5) is 0 Å². The number of ether oxygens (including phenoxy) is 1. The summed E-state index contributed by atoms with van der Waals surface area (Å²) in [7, 11) is -1.51. The Labute approximate surface area is 170 Å². The van der Waals surface area contributed by atoms with Crippen LogP contribution in [0.2, 0.25) is 0 Å². The Morgan fingerprint density at radius 1 is 0.778 bits per heavy atom. The van der Waals surface area contributed by atoms with Crippen molar-refractivity contribution in [3.63, 3.8) is 0 Å². The number of carbonyl (C=O) groups is 1. The molecule has 0 amide bonds. The maximum atomic E-state index is 12.4. The van der Waals surface area contributed by atoms with Crippen LogP contribution in [0.1, 0.15) is 117 Å². The molecule has 27 heavy (non-hydrogen) atoms. The van der Waals surface area contributed by atoms with Gasteiger partial charge in [0.05, 0.1) is 6.61 Å². The predicted octanol–water partition coefficient (Wildman–Crippen LogP) is 7.88. The van der Waals surface area contributed by atoms with Crippen LogP contribution in [-0.4, -0.2) is 24.9 Å². The molecule has 0 aromatic rings. The van der Waals surface area contributed by atoms with Gasteiger partial charge in [0.25, 0.3) is 5.66 Å². The second kappa shape index (κ2) is 18.9. The molecule has 0 aromatic heterocycles. The van der Waals surface area contributed by atoms with Crippen molar-refractivity contribution in [3.8, 4) is 0 Å². The van der Waals surface area contributed by atoms with Gasteiger partial charge in [0.15, 0.2) is 0 Å². The molecule has 3 unspecified atom stereocenters. The fraction of sp³-hybridized carbons (Fsp3) is 0.957. The van der Waals surface area contributed by atoms with E-state index in [1.165, 1.54) is 64.2 Å². The molecule has 0 radical (unpaired) electrons. The van der Waals surface area contributed by atoms with Gasteiger partial charge in [0.2, 0.25) is 0 Å². The maximum Gasteiger partial charge on any atom is 0.358 e. The molecule has 0 aliphatic rings. The van der Waals surface area contributed by atoms with E-state index in [1.807, 2.05) is 0 Å². The lowest BCUT2D eigenvalue weighted by Crippen LogP contribution is -2.23. The van der Waals surface area contributed by atoms with Gasteiger partial charge in [-0.3, -0.25) is 0 Å². The Hall–Kier alpha value is -0.430. The summed E-state index contributed by atoms with van der Waals surface area (Å²) in [6.07, 6.45) is 17.9. The lowest BCUT2D eigenvalue weighted by Gasteiger charge is -2.15. The molecule has 160 valence electrons. The van der Waals surface area contributed by atoms with E-state index in [9.17, 15) is 9.36 Å². The number of hydrogen-bond acceptors (Lipinski definition) is 3. The summed E-state index contributed by atoms with van der Waals surface area (Å²) >= 11 is 0. The van der Waals surface area contributed by atoms with E-state index in [0.717, 1.165) is 25.7 Å². The van der Waals surface area contributed by atoms with E-state index in [-0.39, 0.29) is 5.97 Å². The molecule has 0 N–H and O–H groups in total. The van der Waals surface area contributed by atoms with Crippen molar-refractivity contribution in [3.05, 3.63) is 0 Å². The summed E-state index contributed by atoms with van der Waals surface area (Å²) in [5.74, 6) is 0.214. The van der Waals surface area contributed by atoms with Crippen molar-refractivity contribution in [2.45, 2.75) is 123 Å². The SMILES string of the molecule is CCCCCCCCCCCCC(C(=O)OCC(CC)CCCC)[P+](C)=O. The third-order valence-corrected chi connectivity index (χ3v) is 6.89. The first-order chi connectivity index (χ1) is 13.1. The average Bonchev–Trinajstić information content (AvgIpc) is 2.65. The maximum absolute atomic E-state index is 12.4. The zero-order chi connectivity index (χ0) is 20.3. The van der Waals surface area contributed by atoms with E-state index in [1.54, 1.807) is 6.66 Å². The highest BCUT2D eigenvalue weighted by Crippen LogP contribution is 2.29. The molecule has 0 aliphatic carbocycles. The zero-order valence-electron chi connectivity index (χ0n) is 18.6. The first-order valence-electron chi connectivity index (χ1n) is 11.6. The second-order valence-electron chi connectivity index (χ2n) is 8.08. The van der Waals surface area contributed by atoms with Crippen LogP contribution in [0.3, 0.4) is 0 Å². The summed E-state index contributed by atoms with van der Waals surface area (Å²) in [6.45, 7) is 8.75. The summed E-state index contributed by atoms with van der Waals surface area (Å²) in [4.78, 5) is 12.4. The zero-order valence-corrected chi connectivity index (χ0v) is 19.5. The summed E-state index contributed by atoms with van der Waals surface area (Å²) in [5, 5.41) is 0. The lowest BCUT2D eigenvalue weighted by atomic mass is 10.0. The van der Waals surface area contributed by atoms with Crippen LogP contribution >= 0.6 is 7.80 Å². The van der Waals surface area contributed by atoms with Crippen LogP contribution in [-0.2, 0) is 14.1 Å². The molecule has 0 rings (SSSR count). The Kier molecular flexibility index (Phi) is 18.6. The van der Waals surface area contributed by atoms with Gasteiger partial charge in [0.1, 0.15) is 6.66 Å². The number of carbonyl (C=O) groups excluding carboxylic acids is 1. The normalized spacial score (nSPS) is 14.0. The predicted molar refractivity (Wildman–Crippen MR) is 118 cm³/mol. The first-order valence-corrected chi connectivity index (χ1v) is 13.4. The van der Waals surface area contributed by atoms with E-state index in [2.05, 4.69) is 20.8 Å². The number of unbranched alkanes of at least 4 members (excludes halogenated alkanes) is 10. The molecule has 4 heteroatoms. The molecule has 0 saturated heterocycles. The van der Waals surface area contributed by atoms with Crippen molar-refractivity contribution in [2.24, 2.45) is 5.92 Å². The first kappa shape index (κ1) is 26.6. The Bertz CT molecular complexity index is 371. The van der Waals surface area contributed by atoms with Gasteiger partial charge in [-0.25, -0.2) is 4.79 Å². The molecule has 0 spiro atoms. The van der Waals surface area contributed by atoms with Gasteiger partial charge in [-0.05, 0) is 18.8 Å². The second-order valence-corrected chi connectivity index (χ2v) is 9.79. The fourth-order valence-electron chi connectivity index (χ4n) is 3.47. The molecule has 3 atom stereocenters. The largest absolute Gasteiger partial charge is 0.462 e. The van der Waals surface area contributed by atoms with Gasteiger partial charge in [0, 0.05) is 6.42 Å². The van der Waals surface area contributed by atoms with Crippen LogP contribution in [0.5, 0.6) is 0 Å². The highest BCUT2D eigenvalue weighted by molar-refractivity contribution is 7.45. The van der Waals surface area contributed by atoms with E-state index in [0.29, 0.717) is 18.9 Å².